The summed E-state index contributed by atoms with van der Waals surface area (Å²) in [5.74, 6) is 0.855. The summed E-state index contributed by atoms with van der Waals surface area (Å²) >= 11 is 1.45. The molecule has 0 spiro atoms. The van der Waals surface area contributed by atoms with Gasteiger partial charge in [-0.3, -0.25) is 4.79 Å². The minimum absolute atomic E-state index is 0.0121. The van der Waals surface area contributed by atoms with Gasteiger partial charge in [0.2, 0.25) is 0 Å². The fraction of sp³-hybridized carbons (Fsp3) is 0.474. The van der Waals surface area contributed by atoms with Crippen molar-refractivity contribution in [1.29, 1.82) is 0 Å². The standard InChI is InChI=1S/C19H25N3OS/c1-15-8-12-22(13-9-15)11-5-10-20-18(23)17-14-21-19(24-17)16-6-3-2-4-7-16/h2-4,6-7,14-15H,5,8-13H2,1H3,(H,20,23). The molecule has 0 radical (unpaired) electrons. The van der Waals surface area contributed by atoms with E-state index < -0.39 is 0 Å². The van der Waals surface area contributed by atoms with Gasteiger partial charge in [0.1, 0.15) is 9.88 Å². The van der Waals surface area contributed by atoms with Crippen LogP contribution < -0.4 is 5.32 Å². The molecule has 0 aliphatic carbocycles. The van der Waals surface area contributed by atoms with Crippen molar-refractivity contribution in [3.05, 3.63) is 41.4 Å². The lowest BCUT2D eigenvalue weighted by atomic mass is 9.99. The van der Waals surface area contributed by atoms with E-state index in [1.54, 1.807) is 6.20 Å². The Bertz CT molecular complexity index is 648. The number of thiazole rings is 1. The van der Waals surface area contributed by atoms with Crippen molar-refractivity contribution in [1.82, 2.24) is 15.2 Å². The van der Waals surface area contributed by atoms with Gasteiger partial charge in [0.25, 0.3) is 5.91 Å². The summed E-state index contributed by atoms with van der Waals surface area (Å²) < 4.78 is 0. The molecular formula is C19H25N3OS. The van der Waals surface area contributed by atoms with E-state index in [2.05, 4.69) is 22.1 Å². The molecule has 1 aromatic heterocycles. The van der Waals surface area contributed by atoms with Crippen LogP contribution in [-0.2, 0) is 0 Å². The number of nitrogens with zero attached hydrogens (tertiary/aromatic N) is 2. The Morgan fingerprint density at radius 2 is 2.04 bits per heavy atom. The summed E-state index contributed by atoms with van der Waals surface area (Å²) in [6.45, 7) is 6.53. The highest BCUT2D eigenvalue weighted by Crippen LogP contribution is 2.24. The molecule has 2 heterocycles. The van der Waals surface area contributed by atoms with Crippen LogP contribution >= 0.6 is 11.3 Å². The van der Waals surface area contributed by atoms with Crippen molar-refractivity contribution in [3.63, 3.8) is 0 Å². The summed E-state index contributed by atoms with van der Waals surface area (Å²) in [5, 5.41) is 3.91. The molecule has 1 N–H and O–H groups in total. The Labute approximate surface area is 147 Å². The average Bonchev–Trinajstić information content (AvgIpc) is 3.11. The monoisotopic (exact) mass is 343 g/mol. The molecule has 0 bridgehead atoms. The van der Waals surface area contributed by atoms with E-state index in [1.165, 1.54) is 37.3 Å². The number of hydrogen-bond donors (Lipinski definition) is 1. The van der Waals surface area contributed by atoms with Crippen LogP contribution in [-0.4, -0.2) is 42.0 Å². The summed E-state index contributed by atoms with van der Waals surface area (Å²) in [7, 11) is 0. The third kappa shape index (κ3) is 4.65. The van der Waals surface area contributed by atoms with Gasteiger partial charge in [-0.05, 0) is 44.8 Å². The Morgan fingerprint density at radius 3 is 2.79 bits per heavy atom. The molecule has 1 aliphatic heterocycles. The van der Waals surface area contributed by atoms with E-state index in [4.69, 9.17) is 0 Å². The lowest BCUT2D eigenvalue weighted by molar-refractivity contribution is 0.0954. The Morgan fingerprint density at radius 1 is 1.29 bits per heavy atom. The van der Waals surface area contributed by atoms with Crippen LogP contribution in [0.15, 0.2) is 36.5 Å². The van der Waals surface area contributed by atoms with Crippen molar-refractivity contribution < 1.29 is 4.79 Å². The van der Waals surface area contributed by atoms with E-state index in [1.807, 2.05) is 30.3 Å². The van der Waals surface area contributed by atoms with Crippen molar-refractivity contribution in [2.75, 3.05) is 26.2 Å². The van der Waals surface area contributed by atoms with Gasteiger partial charge in [-0.15, -0.1) is 11.3 Å². The first-order chi connectivity index (χ1) is 11.7. The fourth-order valence-electron chi connectivity index (χ4n) is 2.97. The average molecular weight is 343 g/mol. The van der Waals surface area contributed by atoms with Crippen molar-refractivity contribution >= 4 is 17.2 Å². The molecule has 1 amide bonds. The molecule has 5 heteroatoms. The predicted octanol–water partition coefficient (Wildman–Crippen LogP) is 3.66. The molecule has 24 heavy (non-hydrogen) atoms. The molecular weight excluding hydrogens is 318 g/mol. The Kier molecular flexibility index (Phi) is 5.99. The molecule has 3 rings (SSSR count). The molecule has 1 saturated heterocycles. The maximum Gasteiger partial charge on any atom is 0.263 e. The third-order valence-corrected chi connectivity index (χ3v) is 5.61. The number of nitrogens with one attached hydrogen (secondary N) is 1. The van der Waals surface area contributed by atoms with Crippen molar-refractivity contribution in [2.45, 2.75) is 26.2 Å². The largest absolute Gasteiger partial charge is 0.351 e. The molecule has 0 saturated carbocycles. The SMILES string of the molecule is CC1CCN(CCCNC(=O)c2cnc(-c3ccccc3)s2)CC1. The zero-order valence-corrected chi connectivity index (χ0v) is 15.0. The summed E-state index contributed by atoms with van der Waals surface area (Å²) in [6.07, 6.45) is 5.28. The van der Waals surface area contributed by atoms with Crippen LogP contribution in [0, 0.1) is 5.92 Å². The zero-order chi connectivity index (χ0) is 16.8. The van der Waals surface area contributed by atoms with Crippen LogP contribution in [0.25, 0.3) is 10.6 Å². The third-order valence-electron chi connectivity index (χ3n) is 4.56. The van der Waals surface area contributed by atoms with E-state index >= 15 is 0 Å². The van der Waals surface area contributed by atoms with E-state index in [9.17, 15) is 4.79 Å². The maximum absolute atomic E-state index is 12.2. The quantitative estimate of drug-likeness (QED) is 0.814. The molecule has 128 valence electrons. The number of piperidine rings is 1. The van der Waals surface area contributed by atoms with Gasteiger partial charge in [0.15, 0.2) is 0 Å². The molecule has 4 nitrogen and oxygen atoms in total. The highest BCUT2D eigenvalue weighted by molar-refractivity contribution is 7.16. The van der Waals surface area contributed by atoms with Gasteiger partial charge in [-0.2, -0.15) is 0 Å². The summed E-state index contributed by atoms with van der Waals surface area (Å²) in [5.41, 5.74) is 1.06. The van der Waals surface area contributed by atoms with Gasteiger partial charge < -0.3 is 10.2 Å². The van der Waals surface area contributed by atoms with E-state index in [-0.39, 0.29) is 5.91 Å². The van der Waals surface area contributed by atoms with Gasteiger partial charge >= 0.3 is 0 Å². The first-order valence-corrected chi connectivity index (χ1v) is 9.56. The van der Waals surface area contributed by atoms with Crippen LogP contribution in [0.4, 0.5) is 0 Å². The normalized spacial score (nSPS) is 16.2. The van der Waals surface area contributed by atoms with Crippen molar-refractivity contribution in [2.24, 2.45) is 5.92 Å². The smallest absolute Gasteiger partial charge is 0.263 e. The first-order valence-electron chi connectivity index (χ1n) is 8.74. The number of likely N-dealkylation sites (tertiary alicyclic amines) is 1. The second kappa shape index (κ2) is 8.40. The number of carbonyl (C=O) groups excluding carboxylic acids is 1. The second-order valence-electron chi connectivity index (χ2n) is 6.53. The van der Waals surface area contributed by atoms with E-state index in [0.29, 0.717) is 4.88 Å². The highest BCUT2D eigenvalue weighted by atomic mass is 32.1. The number of hydrogen-bond acceptors (Lipinski definition) is 4. The summed E-state index contributed by atoms with van der Waals surface area (Å²) in [6, 6.07) is 9.98. The number of amides is 1. The Hall–Kier alpha value is -1.72. The molecule has 0 atom stereocenters. The van der Waals surface area contributed by atoms with Gasteiger partial charge in [-0.25, -0.2) is 4.98 Å². The van der Waals surface area contributed by atoms with Gasteiger partial charge in [-0.1, -0.05) is 37.3 Å². The molecule has 1 aliphatic rings. The minimum Gasteiger partial charge on any atom is -0.351 e. The number of aromatic nitrogens is 1. The van der Waals surface area contributed by atoms with Crippen molar-refractivity contribution in [3.8, 4) is 10.6 Å². The molecule has 2 aromatic rings. The lowest BCUT2D eigenvalue weighted by Gasteiger charge is -2.30. The topological polar surface area (TPSA) is 45.2 Å². The Balaban J connectivity index is 1.42. The first kappa shape index (κ1) is 17.1. The van der Waals surface area contributed by atoms with Gasteiger partial charge in [0, 0.05) is 12.1 Å². The number of carbonyl (C=O) groups is 1. The van der Waals surface area contributed by atoms with Crippen LogP contribution in [0.2, 0.25) is 0 Å². The highest BCUT2D eigenvalue weighted by Gasteiger charge is 2.15. The van der Waals surface area contributed by atoms with Crippen LogP contribution in [0.5, 0.6) is 0 Å². The zero-order valence-electron chi connectivity index (χ0n) is 14.2. The number of rotatable bonds is 6. The van der Waals surface area contributed by atoms with E-state index in [0.717, 1.165) is 36.0 Å². The van der Waals surface area contributed by atoms with Crippen LogP contribution in [0.1, 0.15) is 35.9 Å². The minimum atomic E-state index is -0.0121. The molecule has 1 fully saturated rings. The summed E-state index contributed by atoms with van der Waals surface area (Å²) in [4.78, 5) is 19.8. The van der Waals surface area contributed by atoms with Gasteiger partial charge in [0.05, 0.1) is 6.20 Å². The molecule has 1 aromatic carbocycles. The predicted molar refractivity (Wildman–Crippen MR) is 99.3 cm³/mol. The lowest BCUT2D eigenvalue weighted by Crippen LogP contribution is -2.35. The maximum atomic E-state index is 12.2. The number of benzene rings is 1. The molecule has 0 unspecified atom stereocenters. The van der Waals surface area contributed by atoms with Crippen LogP contribution in [0.3, 0.4) is 0 Å². The fourth-order valence-corrected chi connectivity index (χ4v) is 3.81. The second-order valence-corrected chi connectivity index (χ2v) is 7.56.